The summed E-state index contributed by atoms with van der Waals surface area (Å²) in [5.74, 6) is 0.361. The number of hydrogen-bond acceptors (Lipinski definition) is 2. The van der Waals surface area contributed by atoms with Crippen LogP contribution < -0.4 is 0 Å². The molecule has 1 saturated carbocycles. The first-order valence-electron chi connectivity index (χ1n) is 6.19. The summed E-state index contributed by atoms with van der Waals surface area (Å²) in [6.07, 6.45) is 4.40. The van der Waals surface area contributed by atoms with Gasteiger partial charge in [-0.15, -0.1) is 0 Å². The summed E-state index contributed by atoms with van der Waals surface area (Å²) in [6.45, 7) is 11.8. The Labute approximate surface area is 99.1 Å². The van der Waals surface area contributed by atoms with Gasteiger partial charge in [0.15, 0.2) is 0 Å². The van der Waals surface area contributed by atoms with Gasteiger partial charge in [-0.05, 0) is 52.4 Å². The monoisotopic (exact) mass is 224 g/mol. The zero-order chi connectivity index (χ0) is 12.3. The molecule has 0 N–H and O–H groups in total. The van der Waals surface area contributed by atoms with E-state index >= 15 is 0 Å². The van der Waals surface area contributed by atoms with Gasteiger partial charge in [-0.1, -0.05) is 19.1 Å². The zero-order valence-electron chi connectivity index (χ0n) is 11.0. The number of rotatable bonds is 2. The van der Waals surface area contributed by atoms with Gasteiger partial charge < -0.3 is 4.74 Å². The van der Waals surface area contributed by atoms with Crippen molar-refractivity contribution in [2.45, 2.75) is 59.0 Å². The van der Waals surface area contributed by atoms with Crippen LogP contribution in [0.5, 0.6) is 0 Å². The van der Waals surface area contributed by atoms with E-state index in [0.717, 1.165) is 25.7 Å². The average Bonchev–Trinajstić information content (AvgIpc) is 2.14. The molecule has 0 spiro atoms. The molecule has 92 valence electrons. The molecule has 0 unspecified atom stereocenters. The fourth-order valence-electron chi connectivity index (χ4n) is 2.20. The number of ether oxygens (including phenoxy) is 1. The fraction of sp³-hybridized carbons (Fsp3) is 0.786. The lowest BCUT2D eigenvalue weighted by Crippen LogP contribution is -2.32. The highest BCUT2D eigenvalue weighted by Gasteiger charge is 2.30. The first kappa shape index (κ1) is 13.3. The number of carbonyl (C=O) groups excluding carboxylic acids is 1. The normalized spacial score (nSPS) is 24.0. The van der Waals surface area contributed by atoms with E-state index in [0.29, 0.717) is 5.92 Å². The molecule has 0 aliphatic heterocycles. The van der Waals surface area contributed by atoms with E-state index in [4.69, 9.17) is 4.74 Å². The first-order valence-corrected chi connectivity index (χ1v) is 6.19. The number of carbonyl (C=O) groups is 1. The lowest BCUT2D eigenvalue weighted by atomic mass is 9.79. The van der Waals surface area contributed by atoms with E-state index in [-0.39, 0.29) is 17.5 Å². The summed E-state index contributed by atoms with van der Waals surface area (Å²) >= 11 is 0. The van der Waals surface area contributed by atoms with E-state index in [1.165, 1.54) is 5.57 Å². The minimum Gasteiger partial charge on any atom is -0.460 e. The Bertz CT molecular complexity index is 273. The lowest BCUT2D eigenvalue weighted by Gasteiger charge is -2.30. The minimum absolute atomic E-state index is 0.00345. The molecule has 0 amide bonds. The second kappa shape index (κ2) is 5.03. The van der Waals surface area contributed by atoms with Crippen LogP contribution in [0.1, 0.15) is 53.4 Å². The van der Waals surface area contributed by atoms with Gasteiger partial charge in [-0.2, -0.15) is 0 Å². The van der Waals surface area contributed by atoms with Gasteiger partial charge in [0.1, 0.15) is 5.60 Å². The predicted octanol–water partition coefficient (Wildman–Crippen LogP) is 3.71. The molecule has 1 aliphatic carbocycles. The van der Waals surface area contributed by atoms with Crippen molar-refractivity contribution in [1.82, 2.24) is 0 Å². The Morgan fingerprint density at radius 3 is 2.62 bits per heavy atom. The third-order valence-electron chi connectivity index (χ3n) is 3.14. The summed E-state index contributed by atoms with van der Waals surface area (Å²) in [5, 5.41) is 0. The number of hydrogen-bond donors (Lipinski definition) is 0. The Hall–Kier alpha value is -0.790. The molecule has 0 aromatic rings. The molecule has 16 heavy (non-hydrogen) atoms. The van der Waals surface area contributed by atoms with Crippen LogP contribution >= 0.6 is 0 Å². The lowest BCUT2D eigenvalue weighted by molar-refractivity contribution is -0.161. The highest BCUT2D eigenvalue weighted by atomic mass is 16.6. The van der Waals surface area contributed by atoms with Crippen molar-refractivity contribution in [2.75, 3.05) is 0 Å². The SMILES string of the molecule is C=C1CCC[C@H]([C@H](C)C(=O)OC(C)(C)C)C1. The van der Waals surface area contributed by atoms with Crippen molar-refractivity contribution >= 4 is 5.97 Å². The van der Waals surface area contributed by atoms with Crippen molar-refractivity contribution in [3.8, 4) is 0 Å². The second-order valence-corrected chi connectivity index (χ2v) is 5.93. The topological polar surface area (TPSA) is 26.3 Å². The molecule has 0 saturated heterocycles. The Balaban J connectivity index is 2.53. The van der Waals surface area contributed by atoms with Gasteiger partial charge >= 0.3 is 5.97 Å². The van der Waals surface area contributed by atoms with E-state index in [1.54, 1.807) is 0 Å². The van der Waals surface area contributed by atoms with Crippen LogP contribution in [-0.2, 0) is 9.53 Å². The molecule has 0 heterocycles. The standard InChI is InChI=1S/C14H24O2/c1-10-7-6-8-12(9-10)11(2)13(15)16-14(3,4)5/h11-12H,1,6-9H2,2-5H3/t11-,12-/m0/s1. The molecule has 1 rings (SSSR count). The van der Waals surface area contributed by atoms with E-state index < -0.39 is 0 Å². The maximum absolute atomic E-state index is 11.9. The smallest absolute Gasteiger partial charge is 0.309 e. The molecule has 0 aromatic carbocycles. The summed E-state index contributed by atoms with van der Waals surface area (Å²) in [5.41, 5.74) is 0.906. The van der Waals surface area contributed by atoms with Gasteiger partial charge in [-0.25, -0.2) is 0 Å². The first-order chi connectivity index (χ1) is 7.29. The second-order valence-electron chi connectivity index (χ2n) is 5.93. The van der Waals surface area contributed by atoms with Crippen LogP contribution in [-0.4, -0.2) is 11.6 Å². The molecule has 1 fully saturated rings. The van der Waals surface area contributed by atoms with Crippen LogP contribution in [0.3, 0.4) is 0 Å². The van der Waals surface area contributed by atoms with Gasteiger partial charge in [0.25, 0.3) is 0 Å². The maximum atomic E-state index is 11.9. The van der Waals surface area contributed by atoms with Crippen LogP contribution in [0, 0.1) is 11.8 Å². The highest BCUT2D eigenvalue weighted by Crippen LogP contribution is 2.33. The molecule has 1 aliphatic rings. The van der Waals surface area contributed by atoms with Crippen molar-refractivity contribution in [2.24, 2.45) is 11.8 Å². The Morgan fingerprint density at radius 1 is 1.50 bits per heavy atom. The van der Waals surface area contributed by atoms with Crippen molar-refractivity contribution in [3.63, 3.8) is 0 Å². The highest BCUT2D eigenvalue weighted by molar-refractivity contribution is 5.72. The third-order valence-corrected chi connectivity index (χ3v) is 3.14. The summed E-state index contributed by atoms with van der Waals surface area (Å²) in [4.78, 5) is 11.9. The van der Waals surface area contributed by atoms with E-state index in [1.807, 2.05) is 27.7 Å². The molecule has 0 bridgehead atoms. The number of allylic oxidation sites excluding steroid dienone is 1. The van der Waals surface area contributed by atoms with Gasteiger partial charge in [-0.3, -0.25) is 4.79 Å². The molecule has 2 nitrogen and oxygen atoms in total. The van der Waals surface area contributed by atoms with Gasteiger partial charge in [0.2, 0.25) is 0 Å². The van der Waals surface area contributed by atoms with Crippen LogP contribution in [0.25, 0.3) is 0 Å². The van der Waals surface area contributed by atoms with Crippen LogP contribution in [0.2, 0.25) is 0 Å². The Kier molecular flexibility index (Phi) is 4.17. The largest absolute Gasteiger partial charge is 0.460 e. The Morgan fingerprint density at radius 2 is 2.12 bits per heavy atom. The summed E-state index contributed by atoms with van der Waals surface area (Å²) in [6, 6.07) is 0. The molecular weight excluding hydrogens is 200 g/mol. The summed E-state index contributed by atoms with van der Waals surface area (Å²) in [7, 11) is 0. The van der Waals surface area contributed by atoms with Crippen LogP contribution in [0.15, 0.2) is 12.2 Å². The number of esters is 1. The molecule has 2 atom stereocenters. The van der Waals surface area contributed by atoms with Gasteiger partial charge in [0, 0.05) is 0 Å². The quantitative estimate of drug-likeness (QED) is 0.528. The zero-order valence-corrected chi connectivity index (χ0v) is 11.0. The maximum Gasteiger partial charge on any atom is 0.309 e. The molecular formula is C14H24O2. The van der Waals surface area contributed by atoms with Crippen molar-refractivity contribution in [3.05, 3.63) is 12.2 Å². The van der Waals surface area contributed by atoms with Gasteiger partial charge in [0.05, 0.1) is 5.92 Å². The summed E-state index contributed by atoms with van der Waals surface area (Å²) < 4.78 is 5.42. The average molecular weight is 224 g/mol. The molecule has 0 aromatic heterocycles. The van der Waals surface area contributed by atoms with E-state index in [2.05, 4.69) is 6.58 Å². The third kappa shape index (κ3) is 3.99. The van der Waals surface area contributed by atoms with Crippen molar-refractivity contribution in [1.29, 1.82) is 0 Å². The predicted molar refractivity (Wildman–Crippen MR) is 66.1 cm³/mol. The molecule has 0 radical (unpaired) electrons. The minimum atomic E-state index is -0.378. The van der Waals surface area contributed by atoms with Crippen LogP contribution in [0.4, 0.5) is 0 Å². The van der Waals surface area contributed by atoms with Crippen molar-refractivity contribution < 1.29 is 9.53 Å². The molecule has 2 heteroatoms. The fourth-order valence-corrected chi connectivity index (χ4v) is 2.20. The van der Waals surface area contributed by atoms with E-state index in [9.17, 15) is 4.79 Å².